The maximum atomic E-state index is 11.9. The number of nitrogens with two attached hydrogens (primary N) is 1. The van der Waals surface area contributed by atoms with Gasteiger partial charge in [0.2, 0.25) is 5.91 Å². The Kier molecular flexibility index (Phi) is 4.53. The minimum absolute atomic E-state index is 0.00914. The van der Waals surface area contributed by atoms with E-state index in [1.165, 1.54) is 12.1 Å². The first-order valence-electron chi connectivity index (χ1n) is 5.14. The van der Waals surface area contributed by atoms with Crippen molar-refractivity contribution in [2.45, 2.75) is 25.8 Å². The van der Waals surface area contributed by atoms with Crippen LogP contribution >= 0.6 is 23.2 Å². The summed E-state index contributed by atoms with van der Waals surface area (Å²) in [5.74, 6) is -0.934. The van der Waals surface area contributed by atoms with Gasteiger partial charge in [0.25, 0.3) is 5.91 Å². The first kappa shape index (κ1) is 14.7. The molecule has 5 nitrogen and oxygen atoms in total. The number of carbonyl (C=O) groups is 2. The smallest absolute Gasteiger partial charge is 0.254 e. The second-order valence-corrected chi connectivity index (χ2v) is 5.20. The van der Waals surface area contributed by atoms with E-state index in [-0.39, 0.29) is 22.3 Å². The van der Waals surface area contributed by atoms with Gasteiger partial charge in [-0.05, 0) is 26.0 Å². The van der Waals surface area contributed by atoms with Crippen LogP contribution in [0.3, 0.4) is 0 Å². The van der Waals surface area contributed by atoms with Crippen LogP contribution in [0.15, 0.2) is 12.1 Å². The molecule has 0 saturated heterocycles. The molecule has 98 valence electrons. The molecular formula is C11H13Cl2N3O2. The molecule has 1 rings (SSSR count). The van der Waals surface area contributed by atoms with E-state index in [0.717, 1.165) is 0 Å². The summed E-state index contributed by atoms with van der Waals surface area (Å²) in [6, 6.07) is 2.93. The third-order valence-electron chi connectivity index (χ3n) is 2.13. The molecule has 18 heavy (non-hydrogen) atoms. The Balaban J connectivity index is 2.85. The quantitative estimate of drug-likeness (QED) is 0.829. The third-order valence-corrected chi connectivity index (χ3v) is 2.63. The normalized spacial score (nSPS) is 11.1. The Hall–Kier alpha value is -1.33. The molecule has 0 radical (unpaired) electrons. The van der Waals surface area contributed by atoms with Crippen molar-refractivity contribution in [1.29, 1.82) is 0 Å². The standard InChI is InChI=1S/C11H13Cl2N3O2/c1-11(2,5-8(14)17)16-10(18)6-3-4-7(12)15-9(6)13/h3-4H,5H2,1-2H3,(H2,14,17)(H,16,18). The molecule has 0 aliphatic carbocycles. The lowest BCUT2D eigenvalue weighted by Crippen LogP contribution is -2.46. The molecule has 2 amide bonds. The minimum Gasteiger partial charge on any atom is -0.370 e. The zero-order valence-corrected chi connectivity index (χ0v) is 11.5. The number of carbonyl (C=O) groups excluding carboxylic acids is 2. The highest BCUT2D eigenvalue weighted by Crippen LogP contribution is 2.18. The van der Waals surface area contributed by atoms with E-state index in [0.29, 0.717) is 0 Å². The number of aromatic nitrogens is 1. The Morgan fingerprint density at radius 2 is 2.00 bits per heavy atom. The maximum absolute atomic E-state index is 11.9. The van der Waals surface area contributed by atoms with Crippen LogP contribution in [0.1, 0.15) is 30.6 Å². The monoisotopic (exact) mass is 289 g/mol. The Bertz CT molecular complexity index is 489. The number of hydrogen-bond donors (Lipinski definition) is 2. The van der Waals surface area contributed by atoms with Gasteiger partial charge in [-0.15, -0.1) is 0 Å². The SMILES string of the molecule is CC(C)(CC(N)=O)NC(=O)c1ccc(Cl)nc1Cl. The van der Waals surface area contributed by atoms with Crippen LogP contribution in [0.2, 0.25) is 10.3 Å². The minimum atomic E-state index is -0.758. The molecule has 0 unspecified atom stereocenters. The predicted octanol–water partition coefficient (Wildman–Crippen LogP) is 1.77. The number of primary amides is 1. The molecule has 0 fully saturated rings. The van der Waals surface area contributed by atoms with Crippen molar-refractivity contribution in [1.82, 2.24) is 10.3 Å². The van der Waals surface area contributed by atoms with Gasteiger partial charge in [-0.3, -0.25) is 9.59 Å². The summed E-state index contributed by atoms with van der Waals surface area (Å²) in [6.07, 6.45) is 0.0252. The first-order valence-corrected chi connectivity index (χ1v) is 5.90. The van der Waals surface area contributed by atoms with Gasteiger partial charge < -0.3 is 11.1 Å². The molecule has 0 atom stereocenters. The molecule has 0 aliphatic rings. The van der Waals surface area contributed by atoms with Crippen molar-refractivity contribution in [3.63, 3.8) is 0 Å². The molecule has 0 saturated carbocycles. The van der Waals surface area contributed by atoms with Crippen LogP contribution in [0.5, 0.6) is 0 Å². The van der Waals surface area contributed by atoms with E-state index in [1.54, 1.807) is 13.8 Å². The van der Waals surface area contributed by atoms with Gasteiger partial charge in [-0.2, -0.15) is 0 Å². The molecule has 1 aromatic heterocycles. The average Bonchev–Trinajstić information content (AvgIpc) is 2.13. The fourth-order valence-electron chi connectivity index (χ4n) is 1.44. The maximum Gasteiger partial charge on any atom is 0.254 e. The summed E-state index contributed by atoms with van der Waals surface area (Å²) < 4.78 is 0. The van der Waals surface area contributed by atoms with Crippen molar-refractivity contribution in [2.75, 3.05) is 0 Å². The van der Waals surface area contributed by atoms with E-state index >= 15 is 0 Å². The highest BCUT2D eigenvalue weighted by atomic mass is 35.5. The fourth-order valence-corrected chi connectivity index (χ4v) is 1.87. The number of nitrogens with one attached hydrogen (secondary N) is 1. The topological polar surface area (TPSA) is 85.1 Å². The number of halogens is 2. The largest absolute Gasteiger partial charge is 0.370 e. The lowest BCUT2D eigenvalue weighted by atomic mass is 10.00. The van der Waals surface area contributed by atoms with Gasteiger partial charge >= 0.3 is 0 Å². The van der Waals surface area contributed by atoms with Gasteiger partial charge in [-0.25, -0.2) is 4.98 Å². The van der Waals surface area contributed by atoms with E-state index in [9.17, 15) is 9.59 Å². The molecule has 3 N–H and O–H groups in total. The number of pyridine rings is 1. The van der Waals surface area contributed by atoms with Gasteiger partial charge in [0, 0.05) is 12.0 Å². The molecular weight excluding hydrogens is 277 g/mol. The van der Waals surface area contributed by atoms with E-state index in [2.05, 4.69) is 10.3 Å². The van der Waals surface area contributed by atoms with Crippen LogP contribution in [-0.2, 0) is 4.79 Å². The van der Waals surface area contributed by atoms with E-state index in [4.69, 9.17) is 28.9 Å². The highest BCUT2D eigenvalue weighted by Gasteiger charge is 2.24. The van der Waals surface area contributed by atoms with Crippen molar-refractivity contribution in [3.8, 4) is 0 Å². The summed E-state index contributed by atoms with van der Waals surface area (Å²) in [7, 11) is 0. The zero-order valence-electron chi connectivity index (χ0n) is 9.96. The number of amides is 2. The first-order chi connectivity index (χ1) is 8.21. The number of hydrogen-bond acceptors (Lipinski definition) is 3. The molecule has 0 aromatic carbocycles. The Morgan fingerprint density at radius 1 is 1.39 bits per heavy atom. The molecule has 0 spiro atoms. The van der Waals surface area contributed by atoms with Crippen molar-refractivity contribution in [3.05, 3.63) is 28.0 Å². The van der Waals surface area contributed by atoms with E-state index < -0.39 is 17.4 Å². The van der Waals surface area contributed by atoms with Gasteiger partial charge in [0.15, 0.2) is 0 Å². The Morgan fingerprint density at radius 3 is 2.50 bits per heavy atom. The summed E-state index contributed by atoms with van der Waals surface area (Å²) in [6.45, 7) is 3.37. The van der Waals surface area contributed by atoms with E-state index in [1.807, 2.05) is 0 Å². The van der Waals surface area contributed by atoms with Crippen LogP contribution < -0.4 is 11.1 Å². The second-order valence-electron chi connectivity index (χ2n) is 4.45. The molecule has 0 aliphatic heterocycles. The highest BCUT2D eigenvalue weighted by molar-refractivity contribution is 6.34. The third kappa shape index (κ3) is 4.16. The van der Waals surface area contributed by atoms with Gasteiger partial charge in [0.05, 0.1) is 5.56 Å². The van der Waals surface area contributed by atoms with Crippen molar-refractivity contribution in [2.24, 2.45) is 5.73 Å². The van der Waals surface area contributed by atoms with Crippen molar-refractivity contribution >= 4 is 35.0 Å². The Labute approximate surface area is 115 Å². The fraction of sp³-hybridized carbons (Fsp3) is 0.364. The summed E-state index contributed by atoms with van der Waals surface area (Å²) in [5.41, 5.74) is 4.53. The molecule has 0 bridgehead atoms. The zero-order chi connectivity index (χ0) is 13.9. The van der Waals surface area contributed by atoms with Crippen LogP contribution in [0.25, 0.3) is 0 Å². The molecule has 7 heteroatoms. The lowest BCUT2D eigenvalue weighted by Gasteiger charge is -2.24. The summed E-state index contributed by atoms with van der Waals surface area (Å²) in [4.78, 5) is 26.6. The second kappa shape index (κ2) is 5.54. The average molecular weight is 290 g/mol. The predicted molar refractivity (Wildman–Crippen MR) is 69.6 cm³/mol. The van der Waals surface area contributed by atoms with Crippen molar-refractivity contribution < 1.29 is 9.59 Å². The van der Waals surface area contributed by atoms with Crippen LogP contribution in [0, 0.1) is 0 Å². The van der Waals surface area contributed by atoms with Gasteiger partial charge in [-0.1, -0.05) is 23.2 Å². The van der Waals surface area contributed by atoms with Gasteiger partial charge in [0.1, 0.15) is 10.3 Å². The molecule has 1 heterocycles. The lowest BCUT2D eigenvalue weighted by molar-refractivity contribution is -0.119. The number of rotatable bonds is 4. The summed E-state index contributed by atoms with van der Waals surface area (Å²) >= 11 is 11.4. The number of nitrogens with zero attached hydrogens (tertiary/aromatic N) is 1. The summed E-state index contributed by atoms with van der Waals surface area (Å²) in [5, 5.41) is 2.87. The van der Waals surface area contributed by atoms with Crippen LogP contribution in [-0.4, -0.2) is 22.3 Å². The molecule has 1 aromatic rings. The van der Waals surface area contributed by atoms with Crippen LogP contribution in [0.4, 0.5) is 0 Å².